The monoisotopic (exact) mass is 316 g/mol. The molecule has 3 rings (SSSR count). The van der Waals surface area contributed by atoms with Crippen LogP contribution in [0.4, 0.5) is 5.69 Å². The summed E-state index contributed by atoms with van der Waals surface area (Å²) < 4.78 is 1.16. The van der Waals surface area contributed by atoms with Crippen molar-refractivity contribution in [3.05, 3.63) is 63.6 Å². The number of fused-ring (bicyclic) bond motifs is 1. The van der Waals surface area contributed by atoms with Crippen molar-refractivity contribution in [1.29, 1.82) is 0 Å². The zero-order valence-corrected chi connectivity index (χ0v) is 12.4. The molecule has 2 aromatic rings. The molecule has 0 amide bonds. The number of nitrogens with two attached hydrogens (primary N) is 1. The van der Waals surface area contributed by atoms with Crippen molar-refractivity contribution in [2.24, 2.45) is 5.73 Å². The lowest BCUT2D eigenvalue weighted by Gasteiger charge is -2.20. The van der Waals surface area contributed by atoms with Crippen molar-refractivity contribution in [3.63, 3.8) is 0 Å². The van der Waals surface area contributed by atoms with Crippen molar-refractivity contribution >= 4 is 21.6 Å². The number of anilines is 1. The van der Waals surface area contributed by atoms with E-state index >= 15 is 0 Å². The summed E-state index contributed by atoms with van der Waals surface area (Å²) in [5.74, 6) is 0. The van der Waals surface area contributed by atoms with Gasteiger partial charge >= 0.3 is 0 Å². The van der Waals surface area contributed by atoms with E-state index in [9.17, 15) is 0 Å². The summed E-state index contributed by atoms with van der Waals surface area (Å²) in [5, 5.41) is 0. The summed E-state index contributed by atoms with van der Waals surface area (Å²) in [5.41, 5.74) is 11.0. The topological polar surface area (TPSA) is 29.3 Å². The van der Waals surface area contributed by atoms with Gasteiger partial charge < -0.3 is 10.6 Å². The minimum absolute atomic E-state index is 0.594. The molecule has 1 aliphatic rings. The summed E-state index contributed by atoms with van der Waals surface area (Å²) in [4.78, 5) is 2.44. The number of halogens is 1. The molecule has 0 atom stereocenters. The first-order chi connectivity index (χ1) is 9.28. The summed E-state index contributed by atoms with van der Waals surface area (Å²) in [7, 11) is 0. The molecule has 0 saturated heterocycles. The van der Waals surface area contributed by atoms with Gasteiger partial charge in [-0.15, -0.1) is 0 Å². The minimum atomic E-state index is 0.594. The molecule has 0 fully saturated rings. The largest absolute Gasteiger partial charge is 0.367 e. The highest BCUT2D eigenvalue weighted by molar-refractivity contribution is 9.10. The Bertz CT molecular complexity index is 595. The Morgan fingerprint density at radius 1 is 1.16 bits per heavy atom. The molecule has 98 valence electrons. The zero-order chi connectivity index (χ0) is 13.2. The SMILES string of the molecule is NCc1ccc(Br)c(CN2CCc3ccccc32)c1. The maximum absolute atomic E-state index is 5.72. The lowest BCUT2D eigenvalue weighted by molar-refractivity contribution is 0.831. The van der Waals surface area contributed by atoms with Crippen LogP contribution in [-0.4, -0.2) is 6.54 Å². The highest BCUT2D eigenvalue weighted by Crippen LogP contribution is 2.30. The van der Waals surface area contributed by atoms with Gasteiger partial charge in [-0.1, -0.05) is 46.3 Å². The maximum atomic E-state index is 5.72. The van der Waals surface area contributed by atoms with Crippen LogP contribution in [0.15, 0.2) is 46.9 Å². The van der Waals surface area contributed by atoms with Crippen LogP contribution >= 0.6 is 15.9 Å². The molecule has 0 aromatic heterocycles. The zero-order valence-electron chi connectivity index (χ0n) is 10.8. The first-order valence-corrected chi connectivity index (χ1v) is 7.37. The smallest absolute Gasteiger partial charge is 0.0440 e. The van der Waals surface area contributed by atoms with Crippen LogP contribution in [0, 0.1) is 0 Å². The van der Waals surface area contributed by atoms with Crippen LogP contribution in [0.25, 0.3) is 0 Å². The van der Waals surface area contributed by atoms with Gasteiger partial charge in [-0.3, -0.25) is 0 Å². The molecule has 19 heavy (non-hydrogen) atoms. The van der Waals surface area contributed by atoms with E-state index in [1.807, 2.05) is 0 Å². The molecule has 3 heteroatoms. The predicted octanol–water partition coefficient (Wildman–Crippen LogP) is 3.47. The lowest BCUT2D eigenvalue weighted by Crippen LogP contribution is -2.20. The van der Waals surface area contributed by atoms with Gasteiger partial charge in [0.2, 0.25) is 0 Å². The van der Waals surface area contributed by atoms with Crippen LogP contribution in [0.3, 0.4) is 0 Å². The molecular formula is C16H17BrN2. The first-order valence-electron chi connectivity index (χ1n) is 6.58. The minimum Gasteiger partial charge on any atom is -0.367 e. The maximum Gasteiger partial charge on any atom is 0.0440 e. The Labute approximate surface area is 122 Å². The molecule has 0 aliphatic carbocycles. The average Bonchev–Trinajstić information content (AvgIpc) is 2.85. The van der Waals surface area contributed by atoms with E-state index < -0.39 is 0 Å². The Hall–Kier alpha value is -1.32. The van der Waals surface area contributed by atoms with E-state index in [2.05, 4.69) is 63.3 Å². The average molecular weight is 317 g/mol. The van der Waals surface area contributed by atoms with Gasteiger partial charge in [-0.25, -0.2) is 0 Å². The van der Waals surface area contributed by atoms with Crippen molar-refractivity contribution < 1.29 is 0 Å². The van der Waals surface area contributed by atoms with Gasteiger partial charge in [-0.2, -0.15) is 0 Å². The fraction of sp³-hybridized carbons (Fsp3) is 0.250. The van der Waals surface area contributed by atoms with E-state index in [4.69, 9.17) is 5.73 Å². The third kappa shape index (κ3) is 2.53. The van der Waals surface area contributed by atoms with Gasteiger partial charge in [0.25, 0.3) is 0 Å². The summed E-state index contributed by atoms with van der Waals surface area (Å²) in [6, 6.07) is 15.0. The van der Waals surface area contributed by atoms with Crippen molar-refractivity contribution in [2.45, 2.75) is 19.5 Å². The molecule has 0 bridgehead atoms. The van der Waals surface area contributed by atoms with Gasteiger partial charge in [0, 0.05) is 29.8 Å². The molecule has 2 aromatic carbocycles. The summed E-state index contributed by atoms with van der Waals surface area (Å²) >= 11 is 3.64. The van der Waals surface area contributed by atoms with Crippen LogP contribution in [0.2, 0.25) is 0 Å². The molecule has 0 unspecified atom stereocenters. The third-order valence-electron chi connectivity index (χ3n) is 3.69. The van der Waals surface area contributed by atoms with Crippen molar-refractivity contribution in [1.82, 2.24) is 0 Å². The van der Waals surface area contributed by atoms with E-state index in [1.54, 1.807) is 0 Å². The van der Waals surface area contributed by atoms with Gasteiger partial charge in [0.05, 0.1) is 0 Å². The molecular weight excluding hydrogens is 300 g/mol. The van der Waals surface area contributed by atoms with E-state index in [0.717, 1.165) is 24.0 Å². The molecule has 1 aliphatic heterocycles. The van der Waals surface area contributed by atoms with Crippen molar-refractivity contribution in [2.75, 3.05) is 11.4 Å². The second-order valence-electron chi connectivity index (χ2n) is 4.93. The Morgan fingerprint density at radius 2 is 2.00 bits per heavy atom. The molecule has 2 N–H and O–H groups in total. The van der Waals surface area contributed by atoms with Crippen LogP contribution in [-0.2, 0) is 19.5 Å². The fourth-order valence-corrected chi connectivity index (χ4v) is 3.02. The predicted molar refractivity (Wildman–Crippen MR) is 83.2 cm³/mol. The van der Waals surface area contributed by atoms with Crippen LogP contribution in [0.1, 0.15) is 16.7 Å². The second kappa shape index (κ2) is 5.35. The highest BCUT2D eigenvalue weighted by atomic mass is 79.9. The Balaban J connectivity index is 1.87. The highest BCUT2D eigenvalue weighted by Gasteiger charge is 2.19. The van der Waals surface area contributed by atoms with Gasteiger partial charge in [0.1, 0.15) is 0 Å². The van der Waals surface area contributed by atoms with E-state index in [0.29, 0.717) is 6.54 Å². The fourth-order valence-electron chi connectivity index (χ4n) is 2.65. The second-order valence-corrected chi connectivity index (χ2v) is 5.78. The number of hydrogen-bond donors (Lipinski definition) is 1. The first kappa shape index (κ1) is 12.7. The molecule has 2 nitrogen and oxygen atoms in total. The Morgan fingerprint density at radius 3 is 2.84 bits per heavy atom. The quantitative estimate of drug-likeness (QED) is 0.939. The number of nitrogens with zero attached hydrogens (tertiary/aromatic N) is 1. The molecule has 1 heterocycles. The van der Waals surface area contributed by atoms with Gasteiger partial charge in [-0.05, 0) is 35.2 Å². The van der Waals surface area contributed by atoms with E-state index in [1.165, 1.54) is 22.4 Å². The normalized spacial score (nSPS) is 13.7. The van der Waals surface area contributed by atoms with Crippen LogP contribution in [0.5, 0.6) is 0 Å². The molecule has 0 spiro atoms. The molecule has 0 radical (unpaired) electrons. The summed E-state index contributed by atoms with van der Waals surface area (Å²) in [6.07, 6.45) is 1.14. The van der Waals surface area contributed by atoms with Crippen molar-refractivity contribution in [3.8, 4) is 0 Å². The number of para-hydroxylation sites is 1. The lowest BCUT2D eigenvalue weighted by atomic mass is 10.1. The summed E-state index contributed by atoms with van der Waals surface area (Å²) in [6.45, 7) is 2.63. The number of benzene rings is 2. The standard InChI is InChI=1S/C16H17BrN2/c17-15-6-5-12(10-18)9-14(15)11-19-8-7-13-3-1-2-4-16(13)19/h1-6,9H,7-8,10-11,18H2. The number of hydrogen-bond acceptors (Lipinski definition) is 2. The third-order valence-corrected chi connectivity index (χ3v) is 4.46. The number of rotatable bonds is 3. The van der Waals surface area contributed by atoms with Crippen LogP contribution < -0.4 is 10.6 Å². The Kier molecular flexibility index (Phi) is 3.58. The molecule has 0 saturated carbocycles. The van der Waals surface area contributed by atoms with Gasteiger partial charge in [0.15, 0.2) is 0 Å². The van der Waals surface area contributed by atoms with E-state index in [-0.39, 0.29) is 0 Å².